The SMILES string of the molecule is CO[C@H]1O[C@H](COC(=O)c2ccccc2)[C@@H](S[C@H]2C[C@H](COC(=O)c3ccccc3)[C@@H](OC(=O)c3ccccc3)[C@H](OC(=O)c3ccccc3)[C@H]2OC(=O)c2ccccc2)[C@H](OC(=O)c2ccccc2)[C@H]1OC(=O)c1ccccc1. The maximum atomic E-state index is 14.6. The van der Waals surface area contributed by atoms with Crippen molar-refractivity contribution in [3.63, 3.8) is 0 Å². The minimum atomic E-state index is -1.67. The van der Waals surface area contributed by atoms with E-state index < -0.39 is 114 Å². The van der Waals surface area contributed by atoms with Crippen molar-refractivity contribution >= 4 is 53.5 Å². The third-order valence-electron chi connectivity index (χ3n) is 13.3. The molecule has 17 heteroatoms. The molecule has 0 aromatic heterocycles. The van der Waals surface area contributed by atoms with Crippen LogP contribution in [0.5, 0.6) is 0 Å². The molecule has 0 N–H and O–H groups in total. The Balaban J connectivity index is 1.19. The number of benzene rings is 7. The first-order valence-electron chi connectivity index (χ1n) is 25.6. The van der Waals surface area contributed by atoms with Gasteiger partial charge >= 0.3 is 41.8 Å². The van der Waals surface area contributed by atoms with E-state index in [2.05, 4.69) is 0 Å². The third kappa shape index (κ3) is 14.0. The van der Waals surface area contributed by atoms with Crippen molar-refractivity contribution in [2.45, 2.75) is 59.8 Å². The van der Waals surface area contributed by atoms with Crippen molar-refractivity contribution in [1.82, 2.24) is 0 Å². The van der Waals surface area contributed by atoms with E-state index >= 15 is 0 Å². The van der Waals surface area contributed by atoms with E-state index in [1.54, 1.807) is 152 Å². The quantitative estimate of drug-likeness (QED) is 0.0546. The fourth-order valence-corrected chi connectivity index (χ4v) is 11.1. The number of ether oxygens (including phenoxy) is 9. The fraction of sp³-hybridized carbons (Fsp3) is 0.222. The van der Waals surface area contributed by atoms with Gasteiger partial charge in [0.15, 0.2) is 30.7 Å². The summed E-state index contributed by atoms with van der Waals surface area (Å²) in [6, 6.07) is 56.6. The normalized spacial score (nSPS) is 22.3. The lowest BCUT2D eigenvalue weighted by Crippen LogP contribution is -2.63. The van der Waals surface area contributed by atoms with Crippen molar-refractivity contribution in [2.75, 3.05) is 20.3 Å². The van der Waals surface area contributed by atoms with Crippen molar-refractivity contribution in [2.24, 2.45) is 5.92 Å². The Morgan fingerprint density at radius 1 is 0.375 bits per heavy atom. The minimum absolute atomic E-state index is 0.0955. The molecule has 7 aromatic rings. The van der Waals surface area contributed by atoms with Crippen molar-refractivity contribution in [3.8, 4) is 0 Å². The van der Waals surface area contributed by atoms with Crippen LogP contribution in [0.3, 0.4) is 0 Å². The Morgan fingerprint density at radius 3 is 1.04 bits per heavy atom. The first-order chi connectivity index (χ1) is 39.0. The maximum Gasteiger partial charge on any atom is 0.338 e. The van der Waals surface area contributed by atoms with E-state index in [1.807, 2.05) is 0 Å². The van der Waals surface area contributed by atoms with Crippen molar-refractivity contribution < 1.29 is 76.2 Å². The van der Waals surface area contributed by atoms with Gasteiger partial charge in [0.25, 0.3) is 0 Å². The Hall–Kier alpha value is -8.90. The molecular formula is C63H54O16S. The average Bonchev–Trinajstić information content (AvgIpc) is 3.71. The highest BCUT2D eigenvalue weighted by Crippen LogP contribution is 2.45. The molecule has 0 bridgehead atoms. The lowest BCUT2D eigenvalue weighted by Gasteiger charge is -2.48. The summed E-state index contributed by atoms with van der Waals surface area (Å²) in [5, 5.41) is -2.37. The van der Waals surface area contributed by atoms with Gasteiger partial charge in [0, 0.05) is 18.3 Å². The van der Waals surface area contributed by atoms with Crippen LogP contribution >= 0.6 is 11.8 Å². The van der Waals surface area contributed by atoms with Gasteiger partial charge in [-0.25, -0.2) is 33.6 Å². The van der Waals surface area contributed by atoms with E-state index in [4.69, 9.17) is 42.6 Å². The van der Waals surface area contributed by atoms with Gasteiger partial charge in [-0.3, -0.25) is 0 Å². The molecule has 16 nitrogen and oxygen atoms in total. The van der Waals surface area contributed by atoms with Crippen LogP contribution in [0.4, 0.5) is 0 Å². The zero-order valence-electron chi connectivity index (χ0n) is 43.0. The van der Waals surface area contributed by atoms with Gasteiger partial charge in [-0.2, -0.15) is 0 Å². The second kappa shape index (κ2) is 27.1. The van der Waals surface area contributed by atoms with Gasteiger partial charge in [0.2, 0.25) is 0 Å². The summed E-state index contributed by atoms with van der Waals surface area (Å²) in [6.07, 6.45) is -10.7. The number of carbonyl (C=O) groups excluding carboxylic acids is 7. The van der Waals surface area contributed by atoms with E-state index in [0.717, 1.165) is 11.8 Å². The van der Waals surface area contributed by atoms with Crippen LogP contribution in [-0.4, -0.2) is 116 Å². The Bertz CT molecular complexity index is 3190. The molecule has 0 radical (unpaired) electrons. The predicted molar refractivity (Wildman–Crippen MR) is 291 cm³/mol. The van der Waals surface area contributed by atoms with Crippen molar-refractivity contribution in [3.05, 3.63) is 251 Å². The highest BCUT2D eigenvalue weighted by atomic mass is 32.2. The van der Waals surface area contributed by atoms with E-state index in [-0.39, 0.29) is 45.4 Å². The molecule has 0 amide bonds. The Kier molecular flexibility index (Phi) is 18.9. The second-order valence-electron chi connectivity index (χ2n) is 18.5. The maximum absolute atomic E-state index is 14.6. The zero-order chi connectivity index (χ0) is 55.8. The van der Waals surface area contributed by atoms with Gasteiger partial charge in [0.05, 0.1) is 50.8 Å². The number of thioether (sulfide) groups is 1. The van der Waals surface area contributed by atoms with Crippen LogP contribution in [0.2, 0.25) is 0 Å². The first-order valence-corrected chi connectivity index (χ1v) is 26.6. The highest BCUT2D eigenvalue weighted by molar-refractivity contribution is 8.00. The van der Waals surface area contributed by atoms with Crippen molar-refractivity contribution in [1.29, 1.82) is 0 Å². The number of rotatable bonds is 19. The van der Waals surface area contributed by atoms with E-state index in [0.29, 0.717) is 0 Å². The van der Waals surface area contributed by atoms with Crippen LogP contribution in [0.15, 0.2) is 212 Å². The zero-order valence-corrected chi connectivity index (χ0v) is 43.9. The molecule has 1 aliphatic carbocycles. The molecule has 80 heavy (non-hydrogen) atoms. The molecule has 1 saturated carbocycles. The summed E-state index contributed by atoms with van der Waals surface area (Å²) < 4.78 is 56.6. The van der Waals surface area contributed by atoms with Crippen LogP contribution < -0.4 is 0 Å². The molecule has 0 spiro atoms. The third-order valence-corrected chi connectivity index (χ3v) is 15.0. The molecule has 0 unspecified atom stereocenters. The fourth-order valence-electron chi connectivity index (χ4n) is 9.28. The molecule has 2 fully saturated rings. The lowest BCUT2D eigenvalue weighted by molar-refractivity contribution is -0.258. The average molecular weight is 1100 g/mol. The number of carbonyl (C=O) groups is 7. The molecule has 10 atom stereocenters. The lowest BCUT2D eigenvalue weighted by atomic mass is 9.82. The van der Waals surface area contributed by atoms with E-state index in [1.165, 1.54) is 67.8 Å². The van der Waals surface area contributed by atoms with Gasteiger partial charge in [-0.05, 0) is 91.3 Å². The summed E-state index contributed by atoms with van der Waals surface area (Å²) in [4.78, 5) is 99.7. The molecule has 2 aliphatic rings. The Morgan fingerprint density at radius 2 is 0.675 bits per heavy atom. The molecule has 1 heterocycles. The topological polar surface area (TPSA) is 203 Å². The summed E-state index contributed by atoms with van der Waals surface area (Å²) >= 11 is 1.02. The van der Waals surface area contributed by atoms with Crippen LogP contribution in [0.25, 0.3) is 0 Å². The summed E-state index contributed by atoms with van der Waals surface area (Å²) in [5.41, 5.74) is 1.04. The van der Waals surface area contributed by atoms with Crippen LogP contribution in [-0.2, 0) is 42.6 Å². The smallest absolute Gasteiger partial charge is 0.338 e. The predicted octanol–water partition coefficient (Wildman–Crippen LogP) is 9.69. The first kappa shape index (κ1) is 55.8. The van der Waals surface area contributed by atoms with Crippen LogP contribution in [0, 0.1) is 5.92 Å². The largest absolute Gasteiger partial charge is 0.462 e. The molecule has 9 rings (SSSR count). The van der Waals surface area contributed by atoms with Crippen LogP contribution in [0.1, 0.15) is 78.9 Å². The number of hydrogen-bond donors (Lipinski definition) is 0. The van der Waals surface area contributed by atoms with Gasteiger partial charge in [-0.15, -0.1) is 11.8 Å². The number of methoxy groups -OCH3 is 1. The molecule has 1 aliphatic heterocycles. The van der Waals surface area contributed by atoms with Gasteiger partial charge in [0.1, 0.15) is 18.8 Å². The molecule has 408 valence electrons. The number of esters is 7. The second-order valence-corrected chi connectivity index (χ2v) is 19.9. The highest BCUT2D eigenvalue weighted by Gasteiger charge is 2.57. The standard InChI is InChI=1S/C63H54O16S/c1-71-63-54(79-62(70)46-35-21-8-22-36-46)53(78-61(69)45-33-19-7-20-34-45)55(48(74-63)39-73-57(65)41-25-11-3-12-26-41)80-49-37-47(38-72-56(64)40-23-9-2-10-24-40)50(75-58(66)42-27-13-4-14-28-42)52(77-60(68)44-31-17-6-18-32-44)51(49)76-59(67)43-29-15-5-16-30-43/h2-36,47-55,63H,37-39H2,1H3/t47-,48-,49+,50-,51+,52+,53-,54-,55-,63+/m1/s1. The van der Waals surface area contributed by atoms with E-state index in [9.17, 15) is 33.6 Å². The monoisotopic (exact) mass is 1100 g/mol. The number of hydrogen-bond acceptors (Lipinski definition) is 17. The van der Waals surface area contributed by atoms with Gasteiger partial charge in [-0.1, -0.05) is 127 Å². The molecule has 1 saturated heterocycles. The molecular weight excluding hydrogens is 1040 g/mol. The minimum Gasteiger partial charge on any atom is -0.462 e. The van der Waals surface area contributed by atoms with Gasteiger partial charge < -0.3 is 42.6 Å². The summed E-state index contributed by atoms with van der Waals surface area (Å²) in [7, 11) is 1.30. The summed E-state index contributed by atoms with van der Waals surface area (Å²) in [5.74, 6) is -6.76. The summed E-state index contributed by atoms with van der Waals surface area (Å²) in [6.45, 7) is -0.946. The Labute approximate surface area is 465 Å². The molecule has 7 aromatic carbocycles.